The third-order valence-electron chi connectivity index (χ3n) is 5.17. The predicted octanol–water partition coefficient (Wildman–Crippen LogP) is 6.52. The van der Waals surface area contributed by atoms with Crippen LogP contribution in [0.25, 0.3) is 32.8 Å². The number of benzene rings is 4. The van der Waals surface area contributed by atoms with Gasteiger partial charge in [0.1, 0.15) is 0 Å². The summed E-state index contributed by atoms with van der Waals surface area (Å²) in [6.45, 7) is 0. The summed E-state index contributed by atoms with van der Waals surface area (Å²) in [4.78, 5) is 13.0. The molecule has 0 radical (unpaired) electrons. The number of fused-ring (bicyclic) bond motifs is 2. The van der Waals surface area contributed by atoms with Gasteiger partial charge in [-0.25, -0.2) is 0 Å². The standard InChI is InChI=1S/C24H16Cl2N4O/c25-15-10-16(26)12-17(11-15)28-24(31)20-5-1-3-13-9-14(7-8-18(13)20)19-4-2-6-21-22(19)23(27)30-29-21/h1-12H,(H,28,31)(H3,27,29,30). The number of halogens is 2. The van der Waals surface area contributed by atoms with Gasteiger partial charge in [0.15, 0.2) is 5.82 Å². The minimum absolute atomic E-state index is 0.238. The van der Waals surface area contributed by atoms with E-state index in [1.54, 1.807) is 24.3 Å². The molecule has 0 spiro atoms. The number of carbonyl (C=O) groups excluding carboxylic acids is 1. The molecule has 5 rings (SSSR count). The maximum atomic E-state index is 13.0. The topological polar surface area (TPSA) is 83.8 Å². The highest BCUT2D eigenvalue weighted by Gasteiger charge is 2.14. The number of H-pyrrole nitrogens is 1. The molecule has 0 saturated carbocycles. The number of hydrogen-bond donors (Lipinski definition) is 3. The molecule has 4 aromatic carbocycles. The number of nitrogens with zero attached hydrogens (tertiary/aromatic N) is 1. The number of aromatic amines is 1. The van der Waals surface area contributed by atoms with Crippen LogP contribution < -0.4 is 11.1 Å². The lowest BCUT2D eigenvalue weighted by atomic mass is 9.96. The van der Waals surface area contributed by atoms with Gasteiger partial charge in [-0.2, -0.15) is 5.10 Å². The van der Waals surface area contributed by atoms with E-state index in [1.807, 2.05) is 48.5 Å². The Hall–Kier alpha value is -3.54. The maximum Gasteiger partial charge on any atom is 0.256 e. The van der Waals surface area contributed by atoms with Gasteiger partial charge in [0.05, 0.1) is 10.9 Å². The molecule has 4 N–H and O–H groups in total. The Morgan fingerprint density at radius 2 is 1.71 bits per heavy atom. The Morgan fingerprint density at radius 1 is 0.935 bits per heavy atom. The summed E-state index contributed by atoms with van der Waals surface area (Å²) in [6.07, 6.45) is 0. The summed E-state index contributed by atoms with van der Waals surface area (Å²) in [6, 6.07) is 22.4. The first-order chi connectivity index (χ1) is 15.0. The van der Waals surface area contributed by atoms with Crippen molar-refractivity contribution in [1.29, 1.82) is 0 Å². The fourth-order valence-electron chi connectivity index (χ4n) is 3.81. The summed E-state index contributed by atoms with van der Waals surface area (Å²) in [5, 5.41) is 13.5. The fraction of sp³-hybridized carbons (Fsp3) is 0. The molecule has 0 aliphatic heterocycles. The number of carbonyl (C=O) groups is 1. The van der Waals surface area contributed by atoms with Crippen molar-refractivity contribution in [3.8, 4) is 11.1 Å². The number of hydrogen-bond acceptors (Lipinski definition) is 3. The molecule has 0 aliphatic carbocycles. The summed E-state index contributed by atoms with van der Waals surface area (Å²) >= 11 is 12.1. The van der Waals surface area contributed by atoms with E-state index < -0.39 is 0 Å². The summed E-state index contributed by atoms with van der Waals surface area (Å²) in [7, 11) is 0. The third-order valence-corrected chi connectivity index (χ3v) is 5.61. The van der Waals surface area contributed by atoms with Crippen molar-refractivity contribution in [2.45, 2.75) is 0 Å². The molecule has 1 amide bonds. The Kier molecular flexibility index (Phi) is 4.77. The Bertz CT molecular complexity index is 1460. The van der Waals surface area contributed by atoms with E-state index >= 15 is 0 Å². The lowest BCUT2D eigenvalue weighted by Crippen LogP contribution is -2.12. The SMILES string of the molecule is Nc1n[nH]c2cccc(-c3ccc4c(C(=O)Nc5cc(Cl)cc(Cl)c5)cccc4c3)c12. The summed E-state index contributed by atoms with van der Waals surface area (Å²) in [5.41, 5.74) is 10.0. The van der Waals surface area contributed by atoms with Gasteiger partial charge < -0.3 is 11.1 Å². The summed E-state index contributed by atoms with van der Waals surface area (Å²) < 4.78 is 0. The van der Waals surface area contributed by atoms with Gasteiger partial charge >= 0.3 is 0 Å². The first-order valence-corrected chi connectivity index (χ1v) is 10.3. The molecule has 5 nitrogen and oxygen atoms in total. The number of nitrogen functional groups attached to an aromatic ring is 1. The van der Waals surface area contributed by atoms with Gasteiger partial charge in [0.2, 0.25) is 0 Å². The number of nitrogens with two attached hydrogens (primary N) is 1. The molecule has 0 bridgehead atoms. The molecule has 1 heterocycles. The smallest absolute Gasteiger partial charge is 0.256 e. The predicted molar refractivity (Wildman–Crippen MR) is 128 cm³/mol. The van der Waals surface area contributed by atoms with Gasteiger partial charge in [0.25, 0.3) is 5.91 Å². The first-order valence-electron chi connectivity index (χ1n) is 9.53. The fourth-order valence-corrected chi connectivity index (χ4v) is 4.34. The van der Waals surface area contributed by atoms with Crippen molar-refractivity contribution in [2.24, 2.45) is 0 Å². The lowest BCUT2D eigenvalue weighted by molar-refractivity contribution is 0.102. The lowest BCUT2D eigenvalue weighted by Gasteiger charge is -2.11. The molecule has 152 valence electrons. The van der Waals surface area contributed by atoms with Crippen molar-refractivity contribution < 1.29 is 4.79 Å². The highest BCUT2D eigenvalue weighted by atomic mass is 35.5. The molecule has 31 heavy (non-hydrogen) atoms. The maximum absolute atomic E-state index is 13.0. The van der Waals surface area contributed by atoms with E-state index in [2.05, 4.69) is 15.5 Å². The number of anilines is 2. The normalized spacial score (nSPS) is 11.2. The molecular formula is C24H16Cl2N4O. The van der Waals surface area contributed by atoms with Crippen LogP contribution in [-0.2, 0) is 0 Å². The minimum atomic E-state index is -0.238. The Balaban J connectivity index is 1.56. The average Bonchev–Trinajstić information content (AvgIpc) is 3.13. The van der Waals surface area contributed by atoms with Gasteiger partial charge in [0, 0.05) is 21.3 Å². The first kappa shape index (κ1) is 19.4. The minimum Gasteiger partial charge on any atom is -0.382 e. The van der Waals surface area contributed by atoms with Gasteiger partial charge in [-0.3, -0.25) is 9.89 Å². The highest BCUT2D eigenvalue weighted by molar-refractivity contribution is 6.35. The molecular weight excluding hydrogens is 431 g/mol. The van der Waals surface area contributed by atoms with Crippen LogP contribution in [0.15, 0.2) is 72.8 Å². The van der Waals surface area contributed by atoms with E-state index in [0.717, 1.165) is 32.8 Å². The van der Waals surface area contributed by atoms with E-state index in [4.69, 9.17) is 28.9 Å². The number of aromatic nitrogens is 2. The second-order valence-electron chi connectivity index (χ2n) is 7.19. The highest BCUT2D eigenvalue weighted by Crippen LogP contribution is 2.33. The van der Waals surface area contributed by atoms with Crippen LogP contribution in [0.3, 0.4) is 0 Å². The zero-order chi connectivity index (χ0) is 21.5. The zero-order valence-corrected chi connectivity index (χ0v) is 17.6. The second-order valence-corrected chi connectivity index (χ2v) is 8.06. The van der Waals surface area contributed by atoms with Crippen LogP contribution in [0.4, 0.5) is 11.5 Å². The van der Waals surface area contributed by atoms with Crippen LogP contribution in [0, 0.1) is 0 Å². The van der Waals surface area contributed by atoms with Crippen molar-refractivity contribution >= 4 is 62.3 Å². The zero-order valence-electron chi connectivity index (χ0n) is 16.1. The van der Waals surface area contributed by atoms with Gasteiger partial charge in [-0.15, -0.1) is 0 Å². The van der Waals surface area contributed by atoms with Crippen molar-refractivity contribution in [3.63, 3.8) is 0 Å². The largest absolute Gasteiger partial charge is 0.382 e. The molecule has 7 heteroatoms. The van der Waals surface area contributed by atoms with Crippen molar-refractivity contribution in [3.05, 3.63) is 88.4 Å². The van der Waals surface area contributed by atoms with E-state index in [9.17, 15) is 4.79 Å². The second kappa shape index (κ2) is 7.61. The molecule has 0 fully saturated rings. The Morgan fingerprint density at radius 3 is 2.52 bits per heavy atom. The quantitative estimate of drug-likeness (QED) is 0.294. The van der Waals surface area contributed by atoms with Crippen LogP contribution in [0.2, 0.25) is 10.0 Å². The molecule has 1 aromatic heterocycles. The third kappa shape index (κ3) is 3.58. The van der Waals surface area contributed by atoms with Crippen LogP contribution in [0.5, 0.6) is 0 Å². The molecule has 0 saturated heterocycles. The molecule has 0 atom stereocenters. The number of amides is 1. The van der Waals surface area contributed by atoms with Crippen LogP contribution in [0.1, 0.15) is 10.4 Å². The van der Waals surface area contributed by atoms with E-state index in [-0.39, 0.29) is 5.91 Å². The van der Waals surface area contributed by atoms with Gasteiger partial charge in [-0.1, -0.05) is 59.6 Å². The molecule has 0 unspecified atom stereocenters. The number of rotatable bonds is 3. The molecule has 5 aromatic rings. The van der Waals surface area contributed by atoms with Crippen molar-refractivity contribution in [2.75, 3.05) is 11.1 Å². The van der Waals surface area contributed by atoms with E-state index in [1.165, 1.54) is 0 Å². The summed E-state index contributed by atoms with van der Waals surface area (Å²) in [5.74, 6) is 0.219. The van der Waals surface area contributed by atoms with Gasteiger partial charge in [-0.05, 0) is 58.3 Å². The van der Waals surface area contributed by atoms with Crippen LogP contribution >= 0.6 is 23.2 Å². The van der Waals surface area contributed by atoms with Crippen molar-refractivity contribution in [1.82, 2.24) is 10.2 Å². The number of nitrogens with one attached hydrogen (secondary N) is 2. The Labute approximate surface area is 187 Å². The molecule has 0 aliphatic rings. The van der Waals surface area contributed by atoms with Crippen LogP contribution in [-0.4, -0.2) is 16.1 Å². The average molecular weight is 447 g/mol. The van der Waals surface area contributed by atoms with E-state index in [0.29, 0.717) is 27.1 Å². The monoisotopic (exact) mass is 446 g/mol.